The Morgan fingerprint density at radius 3 is 2.46 bits per heavy atom. The first-order valence-corrected chi connectivity index (χ1v) is 14.0. The third-order valence-electron chi connectivity index (χ3n) is 5.22. The number of hydrogen-bond donors (Lipinski definition) is 1. The van der Waals surface area contributed by atoms with Crippen LogP contribution >= 0.6 is 23.4 Å². The quantitative estimate of drug-likeness (QED) is 0.391. The minimum atomic E-state index is -4.00. The van der Waals surface area contributed by atoms with Crippen molar-refractivity contribution in [1.29, 1.82) is 0 Å². The van der Waals surface area contributed by atoms with E-state index in [1.54, 1.807) is 48.2 Å². The molecule has 0 atom stereocenters. The third-order valence-corrected chi connectivity index (χ3v) is 8.38. The van der Waals surface area contributed by atoms with Gasteiger partial charge in [0.1, 0.15) is 19.8 Å². The number of anilines is 1. The summed E-state index contributed by atoms with van der Waals surface area (Å²) in [5.41, 5.74) is 1.35. The molecular weight excluding hydrogens is 508 g/mol. The number of ether oxygens (including phenoxy) is 2. The highest BCUT2D eigenvalue weighted by Gasteiger charge is 2.28. The first-order valence-electron chi connectivity index (χ1n) is 11.0. The Bertz CT molecular complexity index is 1270. The summed E-state index contributed by atoms with van der Waals surface area (Å²) in [5.74, 6) is 1.96. The monoisotopic (exact) mass is 532 g/mol. The molecule has 3 aromatic rings. The van der Waals surface area contributed by atoms with Gasteiger partial charge in [0.15, 0.2) is 11.5 Å². The summed E-state index contributed by atoms with van der Waals surface area (Å²) in [6.07, 6.45) is 0. The SMILES string of the molecule is O=C(CN(c1ccc2c(c1)OCCO2)S(=O)(=O)c1ccccc1)NCCSCc1ccccc1Cl. The molecule has 35 heavy (non-hydrogen) atoms. The summed E-state index contributed by atoms with van der Waals surface area (Å²) in [5, 5.41) is 3.53. The van der Waals surface area contributed by atoms with E-state index in [1.807, 2.05) is 24.3 Å². The van der Waals surface area contributed by atoms with Crippen molar-refractivity contribution in [3.05, 3.63) is 83.4 Å². The van der Waals surface area contributed by atoms with Crippen LogP contribution in [0.5, 0.6) is 11.5 Å². The zero-order valence-electron chi connectivity index (χ0n) is 18.9. The summed E-state index contributed by atoms with van der Waals surface area (Å²) in [6.45, 7) is 0.823. The Labute approximate surface area is 214 Å². The Balaban J connectivity index is 1.44. The third kappa shape index (κ3) is 6.42. The topological polar surface area (TPSA) is 84.9 Å². The minimum Gasteiger partial charge on any atom is -0.486 e. The fourth-order valence-electron chi connectivity index (χ4n) is 3.47. The van der Waals surface area contributed by atoms with Crippen LogP contribution in [-0.4, -0.2) is 46.4 Å². The van der Waals surface area contributed by atoms with E-state index < -0.39 is 15.9 Å². The van der Waals surface area contributed by atoms with Crippen LogP contribution in [0.4, 0.5) is 5.69 Å². The van der Waals surface area contributed by atoms with E-state index in [0.717, 1.165) is 15.6 Å². The van der Waals surface area contributed by atoms with Crippen molar-refractivity contribution in [3.8, 4) is 11.5 Å². The van der Waals surface area contributed by atoms with Crippen molar-refractivity contribution in [2.24, 2.45) is 0 Å². The van der Waals surface area contributed by atoms with Crippen molar-refractivity contribution in [3.63, 3.8) is 0 Å². The molecule has 0 unspecified atom stereocenters. The van der Waals surface area contributed by atoms with Crippen molar-refractivity contribution in [2.75, 3.05) is 36.4 Å². The van der Waals surface area contributed by atoms with Crippen LogP contribution in [0, 0.1) is 0 Å². The number of rotatable bonds is 10. The Kier molecular flexibility index (Phi) is 8.43. The predicted molar refractivity (Wildman–Crippen MR) is 139 cm³/mol. The number of carbonyl (C=O) groups is 1. The molecule has 0 saturated carbocycles. The molecule has 1 N–H and O–H groups in total. The van der Waals surface area contributed by atoms with Crippen LogP contribution in [0.1, 0.15) is 5.56 Å². The minimum absolute atomic E-state index is 0.0954. The van der Waals surface area contributed by atoms with E-state index in [-0.39, 0.29) is 11.4 Å². The van der Waals surface area contributed by atoms with Crippen molar-refractivity contribution < 1.29 is 22.7 Å². The van der Waals surface area contributed by atoms with Gasteiger partial charge < -0.3 is 14.8 Å². The van der Waals surface area contributed by atoms with Gasteiger partial charge >= 0.3 is 0 Å². The van der Waals surface area contributed by atoms with Crippen LogP contribution < -0.4 is 19.1 Å². The summed E-state index contributed by atoms with van der Waals surface area (Å²) in [6, 6.07) is 20.5. The van der Waals surface area contributed by atoms with Crippen LogP contribution in [0.25, 0.3) is 0 Å². The Morgan fingerprint density at radius 1 is 0.971 bits per heavy atom. The molecule has 0 aromatic heterocycles. The summed E-state index contributed by atoms with van der Waals surface area (Å²) < 4.78 is 39.2. The number of sulfonamides is 1. The zero-order valence-corrected chi connectivity index (χ0v) is 21.2. The maximum atomic E-state index is 13.5. The van der Waals surface area contributed by atoms with Crippen LogP contribution in [-0.2, 0) is 20.6 Å². The highest BCUT2D eigenvalue weighted by atomic mass is 35.5. The van der Waals surface area contributed by atoms with Gasteiger partial charge in [0.2, 0.25) is 5.91 Å². The molecule has 3 aromatic carbocycles. The van der Waals surface area contributed by atoms with Crippen molar-refractivity contribution >= 4 is 45.0 Å². The van der Waals surface area contributed by atoms with Gasteiger partial charge in [-0.25, -0.2) is 8.42 Å². The number of fused-ring (bicyclic) bond motifs is 1. The summed E-state index contributed by atoms with van der Waals surface area (Å²) in [4.78, 5) is 12.9. The molecular formula is C25H25ClN2O5S2. The molecule has 0 saturated heterocycles. The van der Waals surface area contributed by atoms with Gasteiger partial charge in [0.25, 0.3) is 10.0 Å². The maximum absolute atomic E-state index is 13.5. The lowest BCUT2D eigenvalue weighted by Crippen LogP contribution is -2.41. The maximum Gasteiger partial charge on any atom is 0.264 e. The van der Waals surface area contributed by atoms with E-state index in [4.69, 9.17) is 21.1 Å². The second kappa shape index (κ2) is 11.7. The normalized spacial score (nSPS) is 12.7. The molecule has 1 aliphatic rings. The fourth-order valence-corrected chi connectivity index (χ4v) is 6.05. The Morgan fingerprint density at radius 2 is 1.69 bits per heavy atom. The van der Waals surface area contributed by atoms with Gasteiger partial charge in [0, 0.05) is 29.1 Å². The number of nitrogens with zero attached hydrogens (tertiary/aromatic N) is 1. The van der Waals surface area contributed by atoms with Gasteiger partial charge in [-0.3, -0.25) is 9.10 Å². The second-order valence-corrected chi connectivity index (χ2v) is 11.0. The summed E-state index contributed by atoms with van der Waals surface area (Å²) in [7, 11) is -4.00. The van der Waals surface area contributed by atoms with Gasteiger partial charge in [-0.2, -0.15) is 11.8 Å². The lowest BCUT2D eigenvalue weighted by molar-refractivity contribution is -0.119. The number of nitrogens with one attached hydrogen (secondary N) is 1. The average Bonchev–Trinajstić information content (AvgIpc) is 2.88. The van der Waals surface area contributed by atoms with E-state index in [0.29, 0.717) is 47.7 Å². The molecule has 0 radical (unpaired) electrons. The van der Waals surface area contributed by atoms with Gasteiger partial charge in [-0.05, 0) is 35.9 Å². The molecule has 0 bridgehead atoms. The molecule has 1 aliphatic heterocycles. The molecule has 10 heteroatoms. The molecule has 184 valence electrons. The number of halogens is 1. The van der Waals surface area contributed by atoms with Crippen molar-refractivity contribution in [1.82, 2.24) is 5.32 Å². The number of carbonyl (C=O) groups excluding carboxylic acids is 1. The lowest BCUT2D eigenvalue weighted by Gasteiger charge is -2.26. The molecule has 0 fully saturated rings. The van der Waals surface area contributed by atoms with Gasteiger partial charge in [-0.15, -0.1) is 0 Å². The van der Waals surface area contributed by atoms with Gasteiger partial charge in [-0.1, -0.05) is 48.0 Å². The zero-order chi connectivity index (χ0) is 24.7. The largest absolute Gasteiger partial charge is 0.486 e. The predicted octanol–water partition coefficient (Wildman–Crippen LogP) is 4.36. The van der Waals surface area contributed by atoms with Crippen LogP contribution in [0.15, 0.2) is 77.7 Å². The highest BCUT2D eigenvalue weighted by Crippen LogP contribution is 2.35. The summed E-state index contributed by atoms with van der Waals surface area (Å²) >= 11 is 7.81. The van der Waals surface area contributed by atoms with E-state index in [1.165, 1.54) is 12.1 Å². The molecule has 7 nitrogen and oxygen atoms in total. The van der Waals surface area contributed by atoms with E-state index >= 15 is 0 Å². The first kappa shape index (κ1) is 25.2. The average molecular weight is 533 g/mol. The molecule has 4 rings (SSSR count). The van der Waals surface area contributed by atoms with E-state index in [9.17, 15) is 13.2 Å². The number of hydrogen-bond acceptors (Lipinski definition) is 6. The Hall–Kier alpha value is -2.88. The smallest absolute Gasteiger partial charge is 0.264 e. The number of amides is 1. The molecule has 0 spiro atoms. The standard InChI is InChI=1S/C25H25ClN2O5S2/c26-22-9-5-4-6-19(22)18-34-15-12-27-25(29)17-28(35(30,31)21-7-2-1-3-8-21)20-10-11-23-24(16-20)33-14-13-32-23/h1-11,16H,12-15,17-18H2,(H,27,29). The highest BCUT2D eigenvalue weighted by molar-refractivity contribution is 7.98. The fraction of sp³-hybridized carbons (Fsp3) is 0.240. The molecule has 0 aliphatic carbocycles. The number of benzene rings is 3. The van der Waals surface area contributed by atoms with Crippen LogP contribution in [0.3, 0.4) is 0 Å². The second-order valence-electron chi connectivity index (χ2n) is 7.65. The molecule has 1 amide bonds. The van der Waals surface area contributed by atoms with Gasteiger partial charge in [0.05, 0.1) is 10.6 Å². The number of thioether (sulfide) groups is 1. The first-order chi connectivity index (χ1) is 16.9. The lowest BCUT2D eigenvalue weighted by atomic mass is 10.2. The van der Waals surface area contributed by atoms with Crippen molar-refractivity contribution in [2.45, 2.75) is 10.6 Å². The molecule has 1 heterocycles. The van der Waals surface area contributed by atoms with E-state index in [2.05, 4.69) is 5.32 Å². The van der Waals surface area contributed by atoms with Crippen LogP contribution in [0.2, 0.25) is 5.02 Å².